The molecule has 1 aromatic carbocycles. The second-order valence-electron chi connectivity index (χ2n) is 4.91. The van der Waals surface area contributed by atoms with E-state index >= 15 is 0 Å². The van der Waals surface area contributed by atoms with Gasteiger partial charge >= 0.3 is 6.18 Å². The smallest absolute Gasteiger partial charge is 0.416 e. The monoisotopic (exact) mass is 288 g/mol. The van der Waals surface area contributed by atoms with E-state index in [0.717, 1.165) is 32.2 Å². The maximum absolute atomic E-state index is 13.2. The predicted octanol–water partition coefficient (Wildman–Crippen LogP) is 2.68. The molecule has 1 aliphatic heterocycles. The van der Waals surface area contributed by atoms with Gasteiger partial charge in [-0.25, -0.2) is 0 Å². The third-order valence-corrected chi connectivity index (χ3v) is 3.72. The molecule has 1 fully saturated rings. The number of hydrogen-bond donors (Lipinski definition) is 1. The van der Waals surface area contributed by atoms with Crippen LogP contribution < -0.4 is 10.1 Å². The zero-order valence-corrected chi connectivity index (χ0v) is 11.6. The molecule has 0 spiro atoms. The van der Waals surface area contributed by atoms with Gasteiger partial charge in [0.25, 0.3) is 0 Å². The summed E-state index contributed by atoms with van der Waals surface area (Å²) in [6.45, 7) is 4.95. The molecule has 20 heavy (non-hydrogen) atoms. The molecule has 1 saturated heterocycles. The van der Waals surface area contributed by atoms with E-state index in [9.17, 15) is 13.2 Å². The Kier molecular flexibility index (Phi) is 4.55. The number of alkyl halides is 3. The lowest BCUT2D eigenvalue weighted by Crippen LogP contribution is -2.44. The van der Waals surface area contributed by atoms with E-state index in [1.165, 1.54) is 13.2 Å². The zero-order chi connectivity index (χ0) is 14.8. The van der Waals surface area contributed by atoms with Crippen LogP contribution in [0.15, 0.2) is 18.2 Å². The lowest BCUT2D eigenvalue weighted by molar-refractivity contribution is -0.138. The fourth-order valence-corrected chi connectivity index (χ4v) is 2.54. The van der Waals surface area contributed by atoms with E-state index in [4.69, 9.17) is 4.74 Å². The summed E-state index contributed by atoms with van der Waals surface area (Å²) in [6.07, 6.45) is -4.37. The SMILES string of the molecule is COc1ccc([C@H](C)N2CCNCC2)c(C(F)(F)F)c1. The van der Waals surface area contributed by atoms with Crippen LogP contribution in [0.25, 0.3) is 0 Å². The van der Waals surface area contributed by atoms with E-state index < -0.39 is 11.7 Å². The van der Waals surface area contributed by atoms with Gasteiger partial charge in [0.05, 0.1) is 12.7 Å². The number of ether oxygens (including phenoxy) is 1. The van der Waals surface area contributed by atoms with Crippen molar-refractivity contribution < 1.29 is 17.9 Å². The third kappa shape index (κ3) is 3.24. The number of hydrogen-bond acceptors (Lipinski definition) is 3. The second kappa shape index (κ2) is 6.01. The van der Waals surface area contributed by atoms with Crippen LogP contribution in [0.5, 0.6) is 5.75 Å². The summed E-state index contributed by atoms with van der Waals surface area (Å²) in [6, 6.07) is 3.92. The Hall–Kier alpha value is -1.27. The van der Waals surface area contributed by atoms with Gasteiger partial charge in [0.1, 0.15) is 5.75 Å². The van der Waals surface area contributed by atoms with Crippen molar-refractivity contribution in [3.63, 3.8) is 0 Å². The topological polar surface area (TPSA) is 24.5 Å². The quantitative estimate of drug-likeness (QED) is 0.925. The molecule has 0 unspecified atom stereocenters. The van der Waals surface area contributed by atoms with Gasteiger partial charge in [0.15, 0.2) is 0 Å². The Morgan fingerprint density at radius 2 is 1.90 bits per heavy atom. The van der Waals surface area contributed by atoms with E-state index in [-0.39, 0.29) is 11.8 Å². The number of nitrogens with zero attached hydrogens (tertiary/aromatic N) is 1. The van der Waals surface area contributed by atoms with Crippen LogP contribution >= 0.6 is 0 Å². The summed E-state index contributed by atoms with van der Waals surface area (Å²) in [5.74, 6) is 0.230. The van der Waals surface area contributed by atoms with Crippen molar-refractivity contribution in [3.8, 4) is 5.75 Å². The molecule has 0 aromatic heterocycles. The molecule has 112 valence electrons. The highest BCUT2D eigenvalue weighted by molar-refractivity contribution is 5.39. The van der Waals surface area contributed by atoms with E-state index in [1.54, 1.807) is 6.07 Å². The van der Waals surface area contributed by atoms with Crippen LogP contribution in [0.2, 0.25) is 0 Å². The maximum atomic E-state index is 13.2. The summed E-state index contributed by atoms with van der Waals surface area (Å²) in [4.78, 5) is 2.06. The molecule has 1 aromatic rings. The summed E-state index contributed by atoms with van der Waals surface area (Å²) >= 11 is 0. The van der Waals surface area contributed by atoms with Crippen LogP contribution in [-0.4, -0.2) is 38.2 Å². The number of rotatable bonds is 3. The summed E-state index contributed by atoms with van der Waals surface area (Å²) < 4.78 is 44.5. The first-order valence-electron chi connectivity index (χ1n) is 6.63. The van der Waals surface area contributed by atoms with Crippen molar-refractivity contribution >= 4 is 0 Å². The number of methoxy groups -OCH3 is 1. The first kappa shape index (κ1) is 15.1. The molecular weight excluding hydrogens is 269 g/mol. The normalized spacial score (nSPS) is 18.9. The highest BCUT2D eigenvalue weighted by Crippen LogP contribution is 2.38. The number of halogens is 3. The molecule has 1 atom stereocenters. The molecule has 0 saturated carbocycles. The first-order valence-corrected chi connectivity index (χ1v) is 6.63. The van der Waals surface area contributed by atoms with Gasteiger partial charge in [-0.05, 0) is 24.6 Å². The first-order chi connectivity index (χ1) is 9.43. The average molecular weight is 288 g/mol. The Labute approximate surface area is 116 Å². The fourth-order valence-electron chi connectivity index (χ4n) is 2.54. The van der Waals surface area contributed by atoms with E-state index in [0.29, 0.717) is 5.56 Å². The van der Waals surface area contributed by atoms with Gasteiger partial charge in [-0.1, -0.05) is 6.07 Å². The molecule has 0 amide bonds. The Morgan fingerprint density at radius 3 is 2.45 bits per heavy atom. The van der Waals surface area contributed by atoms with Crippen molar-refractivity contribution in [1.29, 1.82) is 0 Å². The summed E-state index contributed by atoms with van der Waals surface area (Å²) in [7, 11) is 1.37. The summed E-state index contributed by atoms with van der Waals surface area (Å²) in [5.41, 5.74) is -0.303. The average Bonchev–Trinajstić information content (AvgIpc) is 2.46. The fraction of sp³-hybridized carbons (Fsp3) is 0.571. The van der Waals surface area contributed by atoms with Crippen LogP contribution in [0.3, 0.4) is 0 Å². The maximum Gasteiger partial charge on any atom is 0.416 e. The highest BCUT2D eigenvalue weighted by atomic mass is 19.4. The van der Waals surface area contributed by atoms with Crippen molar-refractivity contribution in [2.45, 2.75) is 19.1 Å². The Bertz CT molecular complexity index is 456. The molecule has 6 heteroatoms. The molecular formula is C14H19F3N2O. The largest absolute Gasteiger partial charge is 0.497 e. The Morgan fingerprint density at radius 1 is 1.25 bits per heavy atom. The van der Waals surface area contributed by atoms with Crippen LogP contribution in [-0.2, 0) is 6.18 Å². The van der Waals surface area contributed by atoms with Gasteiger partial charge in [-0.15, -0.1) is 0 Å². The van der Waals surface area contributed by atoms with Gasteiger partial charge < -0.3 is 10.1 Å². The molecule has 0 bridgehead atoms. The second-order valence-corrected chi connectivity index (χ2v) is 4.91. The predicted molar refractivity (Wildman–Crippen MR) is 70.9 cm³/mol. The van der Waals surface area contributed by atoms with Crippen molar-refractivity contribution in [1.82, 2.24) is 10.2 Å². The number of benzene rings is 1. The number of nitrogens with one attached hydrogen (secondary N) is 1. The minimum atomic E-state index is -4.37. The van der Waals surface area contributed by atoms with E-state index in [2.05, 4.69) is 10.2 Å². The van der Waals surface area contributed by atoms with Crippen LogP contribution in [0.1, 0.15) is 24.1 Å². The lowest BCUT2D eigenvalue weighted by atomic mass is 9.99. The van der Waals surface area contributed by atoms with Crippen LogP contribution in [0, 0.1) is 0 Å². The molecule has 3 nitrogen and oxygen atoms in total. The van der Waals surface area contributed by atoms with Crippen molar-refractivity contribution in [3.05, 3.63) is 29.3 Å². The van der Waals surface area contributed by atoms with Gasteiger partial charge in [0, 0.05) is 32.2 Å². The van der Waals surface area contributed by atoms with Crippen molar-refractivity contribution in [2.24, 2.45) is 0 Å². The van der Waals surface area contributed by atoms with Crippen LogP contribution in [0.4, 0.5) is 13.2 Å². The molecule has 0 radical (unpaired) electrons. The zero-order valence-electron chi connectivity index (χ0n) is 11.6. The standard InChI is InChI=1S/C14H19F3N2O/c1-10(19-7-5-18-6-8-19)12-4-3-11(20-2)9-13(12)14(15,16)17/h3-4,9-10,18H,5-8H2,1-2H3/t10-/m0/s1. The molecule has 1 N–H and O–H groups in total. The molecule has 1 aliphatic rings. The number of piperazine rings is 1. The van der Waals surface area contributed by atoms with Gasteiger partial charge in [0.2, 0.25) is 0 Å². The minimum absolute atomic E-state index is 0.230. The summed E-state index contributed by atoms with van der Waals surface area (Å²) in [5, 5.41) is 3.20. The lowest BCUT2D eigenvalue weighted by Gasteiger charge is -2.34. The van der Waals surface area contributed by atoms with E-state index in [1.807, 2.05) is 6.92 Å². The molecule has 1 heterocycles. The highest BCUT2D eigenvalue weighted by Gasteiger charge is 2.36. The van der Waals surface area contributed by atoms with Crippen molar-refractivity contribution in [2.75, 3.05) is 33.3 Å². The Balaban J connectivity index is 2.34. The third-order valence-electron chi connectivity index (χ3n) is 3.72. The molecule has 0 aliphatic carbocycles. The van der Waals surface area contributed by atoms with Gasteiger partial charge in [-0.2, -0.15) is 13.2 Å². The van der Waals surface area contributed by atoms with Gasteiger partial charge in [-0.3, -0.25) is 4.90 Å². The minimum Gasteiger partial charge on any atom is -0.497 e. The molecule has 2 rings (SSSR count).